The van der Waals surface area contributed by atoms with E-state index in [1.54, 1.807) is 16.7 Å². The lowest BCUT2D eigenvalue weighted by atomic mass is 9.85. The number of amides is 3. The number of anilines is 2. The zero-order chi connectivity index (χ0) is 20.4. The number of rotatable bonds is 3. The molecule has 0 spiro atoms. The molecule has 2 bridgehead atoms. The Bertz CT molecular complexity index is 1050. The largest absolute Gasteiger partial charge is 0.282 e. The summed E-state index contributed by atoms with van der Waals surface area (Å²) < 4.78 is 0. The summed E-state index contributed by atoms with van der Waals surface area (Å²) in [5, 5.41) is 0. The second-order valence-electron chi connectivity index (χ2n) is 8.34. The monoisotopic (exact) mass is 416 g/mol. The molecule has 2 aliphatic carbocycles. The highest BCUT2D eigenvalue weighted by Gasteiger charge is 2.59. The third-order valence-corrected chi connectivity index (χ3v) is 7.92. The first-order chi connectivity index (χ1) is 14.6. The quantitative estimate of drug-likeness (QED) is 0.560. The molecule has 3 amide bonds. The molecule has 5 nitrogen and oxygen atoms in total. The van der Waals surface area contributed by atoms with Crippen LogP contribution in [0.5, 0.6) is 0 Å². The summed E-state index contributed by atoms with van der Waals surface area (Å²) in [6.45, 7) is 0.150. The van der Waals surface area contributed by atoms with Gasteiger partial charge in [0, 0.05) is 22.8 Å². The van der Waals surface area contributed by atoms with E-state index in [1.165, 1.54) is 4.90 Å². The number of hydrogen-bond donors (Lipinski definition) is 0. The Hall–Kier alpha value is -2.86. The summed E-state index contributed by atoms with van der Waals surface area (Å²) in [6, 6.07) is 15.7. The van der Waals surface area contributed by atoms with Crippen LogP contribution < -0.4 is 4.90 Å². The summed E-state index contributed by atoms with van der Waals surface area (Å²) in [7, 11) is 0. The Balaban J connectivity index is 1.25. The summed E-state index contributed by atoms with van der Waals surface area (Å²) in [5.74, 6) is -0.334. The first kappa shape index (κ1) is 18.0. The van der Waals surface area contributed by atoms with Gasteiger partial charge in [0.15, 0.2) is 0 Å². The van der Waals surface area contributed by atoms with E-state index in [2.05, 4.69) is 12.2 Å². The SMILES string of the molecule is O=C1[C@@H]2[C@@H](C(=O)N1CCC(=O)N1c3ccccc3Sc3ccccc31)[C@H]1C=C[C@@H]2C1. The molecule has 2 aromatic rings. The Labute approximate surface area is 178 Å². The van der Waals surface area contributed by atoms with Crippen molar-refractivity contribution in [2.45, 2.75) is 22.6 Å². The lowest BCUT2D eigenvalue weighted by molar-refractivity contribution is -0.140. The van der Waals surface area contributed by atoms with E-state index in [1.807, 2.05) is 48.5 Å². The van der Waals surface area contributed by atoms with Gasteiger partial charge >= 0.3 is 0 Å². The third kappa shape index (κ3) is 2.46. The number of benzene rings is 2. The Kier molecular flexibility index (Phi) is 3.93. The number of allylic oxidation sites excluding steroid dienone is 2. The van der Waals surface area contributed by atoms with Crippen molar-refractivity contribution in [3.8, 4) is 0 Å². The molecule has 6 rings (SSSR count). The van der Waals surface area contributed by atoms with Gasteiger partial charge < -0.3 is 0 Å². The third-order valence-electron chi connectivity index (χ3n) is 6.79. The molecule has 0 aromatic heterocycles. The highest BCUT2D eigenvalue weighted by molar-refractivity contribution is 7.99. The van der Waals surface area contributed by atoms with E-state index in [0.717, 1.165) is 27.6 Å². The number of nitrogens with zero attached hydrogens (tertiary/aromatic N) is 2. The Morgan fingerprint density at radius 2 is 1.40 bits per heavy atom. The van der Waals surface area contributed by atoms with Crippen molar-refractivity contribution in [1.82, 2.24) is 4.90 Å². The van der Waals surface area contributed by atoms with Gasteiger partial charge in [0.05, 0.1) is 23.2 Å². The van der Waals surface area contributed by atoms with E-state index >= 15 is 0 Å². The standard InChI is InChI=1S/C24H20N2O3S/c27-20(11-12-25-23(28)21-14-9-10-15(13-14)22(21)24(25)29)26-16-5-1-3-7-18(16)30-19-8-4-2-6-17(19)26/h1-10,14-15,21-22H,11-13H2/t14-,15+,21-,22-/m0/s1. The first-order valence-corrected chi connectivity index (χ1v) is 11.2. The van der Waals surface area contributed by atoms with Gasteiger partial charge in [0.25, 0.3) is 0 Å². The first-order valence-electron chi connectivity index (χ1n) is 10.4. The molecule has 2 heterocycles. The van der Waals surface area contributed by atoms with Crippen LogP contribution in [0, 0.1) is 23.7 Å². The molecule has 4 atom stereocenters. The maximum absolute atomic E-state index is 13.3. The smallest absolute Gasteiger partial charge is 0.233 e. The molecular formula is C24H20N2O3S. The van der Waals surface area contributed by atoms with Gasteiger partial charge in [-0.15, -0.1) is 0 Å². The molecule has 30 heavy (non-hydrogen) atoms. The maximum Gasteiger partial charge on any atom is 0.233 e. The zero-order valence-corrected chi connectivity index (χ0v) is 17.0. The van der Waals surface area contributed by atoms with E-state index in [9.17, 15) is 14.4 Å². The van der Waals surface area contributed by atoms with Gasteiger partial charge in [-0.2, -0.15) is 0 Å². The molecule has 2 fully saturated rings. The number of fused-ring (bicyclic) bond motifs is 7. The molecule has 150 valence electrons. The van der Waals surface area contributed by atoms with Crippen molar-refractivity contribution in [2.24, 2.45) is 23.7 Å². The van der Waals surface area contributed by atoms with Gasteiger partial charge in [0.2, 0.25) is 17.7 Å². The maximum atomic E-state index is 13.3. The van der Waals surface area contributed by atoms with Crippen LogP contribution in [0.3, 0.4) is 0 Å². The molecule has 6 heteroatoms. The molecule has 2 aromatic carbocycles. The van der Waals surface area contributed by atoms with Crippen LogP contribution in [-0.4, -0.2) is 29.2 Å². The Morgan fingerprint density at radius 3 is 1.97 bits per heavy atom. The van der Waals surface area contributed by atoms with E-state index in [4.69, 9.17) is 0 Å². The molecule has 2 aliphatic heterocycles. The molecule has 4 aliphatic rings. The molecule has 0 N–H and O–H groups in total. The van der Waals surface area contributed by atoms with Crippen LogP contribution in [0.15, 0.2) is 70.5 Å². The van der Waals surface area contributed by atoms with Gasteiger partial charge in [-0.3, -0.25) is 24.2 Å². The van der Waals surface area contributed by atoms with Crippen molar-refractivity contribution in [1.29, 1.82) is 0 Å². The fourth-order valence-corrected chi connectivity index (χ4v) is 6.53. The van der Waals surface area contributed by atoms with E-state index in [0.29, 0.717) is 0 Å². The van der Waals surface area contributed by atoms with Crippen LogP contribution in [0.2, 0.25) is 0 Å². The summed E-state index contributed by atoms with van der Waals surface area (Å²) in [4.78, 5) is 44.3. The molecule has 1 saturated carbocycles. The topological polar surface area (TPSA) is 57.7 Å². The van der Waals surface area contributed by atoms with E-state index in [-0.39, 0.29) is 54.4 Å². The predicted molar refractivity (Wildman–Crippen MR) is 113 cm³/mol. The predicted octanol–water partition coefficient (Wildman–Crippen LogP) is 4.01. The average molecular weight is 417 g/mol. The van der Waals surface area contributed by atoms with Crippen LogP contribution in [-0.2, 0) is 14.4 Å². The second-order valence-corrected chi connectivity index (χ2v) is 9.43. The van der Waals surface area contributed by atoms with Crippen molar-refractivity contribution in [3.05, 3.63) is 60.7 Å². The number of para-hydroxylation sites is 2. The highest BCUT2D eigenvalue weighted by atomic mass is 32.2. The minimum Gasteiger partial charge on any atom is -0.282 e. The summed E-state index contributed by atoms with van der Waals surface area (Å²) >= 11 is 1.65. The normalized spacial score (nSPS) is 28.0. The minimum atomic E-state index is -0.213. The lowest BCUT2D eigenvalue weighted by Gasteiger charge is -2.31. The van der Waals surface area contributed by atoms with Crippen molar-refractivity contribution < 1.29 is 14.4 Å². The molecule has 0 radical (unpaired) electrons. The van der Waals surface area contributed by atoms with E-state index < -0.39 is 0 Å². The number of imide groups is 1. The molecular weight excluding hydrogens is 396 g/mol. The second kappa shape index (κ2) is 6.57. The van der Waals surface area contributed by atoms with Crippen LogP contribution >= 0.6 is 11.8 Å². The fraction of sp³-hybridized carbons (Fsp3) is 0.292. The Morgan fingerprint density at radius 1 is 0.867 bits per heavy atom. The number of carbonyl (C=O) groups is 3. The van der Waals surface area contributed by atoms with Gasteiger partial charge in [-0.25, -0.2) is 0 Å². The number of likely N-dealkylation sites (tertiary alicyclic amines) is 1. The number of hydrogen-bond acceptors (Lipinski definition) is 4. The van der Waals surface area contributed by atoms with Gasteiger partial charge in [-0.1, -0.05) is 48.2 Å². The summed E-state index contributed by atoms with van der Waals surface area (Å²) in [5.41, 5.74) is 1.70. The lowest BCUT2D eigenvalue weighted by Crippen LogP contribution is -2.37. The van der Waals surface area contributed by atoms with Crippen molar-refractivity contribution >= 4 is 40.9 Å². The summed E-state index contributed by atoms with van der Waals surface area (Å²) in [6.07, 6.45) is 5.21. The van der Waals surface area contributed by atoms with Gasteiger partial charge in [0.1, 0.15) is 0 Å². The average Bonchev–Trinajstić information content (AvgIpc) is 3.44. The van der Waals surface area contributed by atoms with Gasteiger partial charge in [-0.05, 0) is 42.5 Å². The zero-order valence-electron chi connectivity index (χ0n) is 16.2. The fourth-order valence-electron chi connectivity index (χ4n) is 5.48. The van der Waals surface area contributed by atoms with Crippen LogP contribution in [0.1, 0.15) is 12.8 Å². The van der Waals surface area contributed by atoms with Crippen LogP contribution in [0.25, 0.3) is 0 Å². The highest BCUT2D eigenvalue weighted by Crippen LogP contribution is 2.52. The van der Waals surface area contributed by atoms with Crippen LogP contribution in [0.4, 0.5) is 11.4 Å². The molecule has 1 saturated heterocycles. The number of carbonyl (C=O) groups excluding carboxylic acids is 3. The van der Waals surface area contributed by atoms with Crippen molar-refractivity contribution in [2.75, 3.05) is 11.4 Å². The minimum absolute atomic E-state index is 0.0929. The van der Waals surface area contributed by atoms with Crippen molar-refractivity contribution in [3.63, 3.8) is 0 Å². The molecule has 0 unspecified atom stereocenters.